The molecule has 0 aliphatic carbocycles. The summed E-state index contributed by atoms with van der Waals surface area (Å²) in [5.41, 5.74) is 0.808. The number of rotatable bonds is 5. The fraction of sp³-hybridized carbons (Fsp3) is 0.429. The summed E-state index contributed by atoms with van der Waals surface area (Å²) in [4.78, 5) is 24.0. The summed E-state index contributed by atoms with van der Waals surface area (Å²) in [5, 5.41) is 8.69. The van der Waals surface area contributed by atoms with Gasteiger partial charge in [-0.15, -0.1) is 0 Å². The average Bonchev–Trinajstić information content (AvgIpc) is 2.74. The molecule has 1 aliphatic rings. The molecular weight excluding hydrogens is 246 g/mol. The van der Waals surface area contributed by atoms with Crippen LogP contribution in [0.4, 0.5) is 5.69 Å². The van der Waals surface area contributed by atoms with Gasteiger partial charge in [-0.2, -0.15) is 0 Å². The van der Waals surface area contributed by atoms with Crippen molar-refractivity contribution in [2.24, 2.45) is 0 Å². The molecule has 5 heteroatoms. The SMILES string of the molecule is C[C@H](CC(=O)O)Oc1cccc(N2CCCC2=O)c1. The molecule has 0 bridgehead atoms. The first-order valence-electron chi connectivity index (χ1n) is 6.35. The van der Waals surface area contributed by atoms with Crippen LogP contribution in [0.3, 0.4) is 0 Å². The molecular formula is C14H17NO4. The molecule has 0 saturated carbocycles. The number of carbonyl (C=O) groups excluding carboxylic acids is 1. The van der Waals surface area contributed by atoms with Crippen molar-refractivity contribution >= 4 is 17.6 Å². The molecule has 0 spiro atoms. The van der Waals surface area contributed by atoms with Crippen LogP contribution >= 0.6 is 0 Å². The number of carboxylic acids is 1. The van der Waals surface area contributed by atoms with Crippen molar-refractivity contribution in [3.05, 3.63) is 24.3 Å². The lowest BCUT2D eigenvalue weighted by Crippen LogP contribution is -2.23. The highest BCUT2D eigenvalue weighted by atomic mass is 16.5. The van der Waals surface area contributed by atoms with Crippen LogP contribution in [0.1, 0.15) is 26.2 Å². The van der Waals surface area contributed by atoms with Crippen LogP contribution in [0.5, 0.6) is 5.75 Å². The van der Waals surface area contributed by atoms with Gasteiger partial charge in [0.15, 0.2) is 0 Å². The molecule has 0 radical (unpaired) electrons. The van der Waals surface area contributed by atoms with E-state index in [4.69, 9.17) is 9.84 Å². The minimum Gasteiger partial charge on any atom is -0.490 e. The molecule has 19 heavy (non-hydrogen) atoms. The summed E-state index contributed by atoms with van der Waals surface area (Å²) in [6.45, 7) is 2.44. The topological polar surface area (TPSA) is 66.8 Å². The molecule has 0 aromatic heterocycles. The summed E-state index contributed by atoms with van der Waals surface area (Å²) in [7, 11) is 0. The molecule has 1 fully saturated rings. The number of benzene rings is 1. The molecule has 1 saturated heterocycles. The summed E-state index contributed by atoms with van der Waals surface area (Å²) < 4.78 is 5.54. The van der Waals surface area contributed by atoms with E-state index in [-0.39, 0.29) is 12.3 Å². The first kappa shape index (κ1) is 13.4. The Kier molecular flexibility index (Phi) is 4.04. The third kappa shape index (κ3) is 3.47. The Bertz CT molecular complexity index is 486. The number of carbonyl (C=O) groups is 2. The Hall–Kier alpha value is -2.04. The largest absolute Gasteiger partial charge is 0.490 e. The molecule has 1 heterocycles. The molecule has 1 N–H and O–H groups in total. The average molecular weight is 263 g/mol. The zero-order valence-corrected chi connectivity index (χ0v) is 10.8. The van der Waals surface area contributed by atoms with Crippen molar-refractivity contribution in [3.8, 4) is 5.75 Å². The van der Waals surface area contributed by atoms with Gasteiger partial charge in [0.05, 0.1) is 6.42 Å². The van der Waals surface area contributed by atoms with E-state index < -0.39 is 12.1 Å². The summed E-state index contributed by atoms with van der Waals surface area (Å²) in [5.74, 6) is -0.181. The van der Waals surface area contributed by atoms with Gasteiger partial charge in [0.1, 0.15) is 11.9 Å². The highest BCUT2D eigenvalue weighted by Gasteiger charge is 2.22. The van der Waals surface area contributed by atoms with Crippen LogP contribution in [-0.4, -0.2) is 29.6 Å². The first-order chi connectivity index (χ1) is 9.06. The lowest BCUT2D eigenvalue weighted by Gasteiger charge is -2.18. The van der Waals surface area contributed by atoms with Gasteiger partial charge in [0.25, 0.3) is 0 Å². The van der Waals surface area contributed by atoms with E-state index in [0.29, 0.717) is 12.2 Å². The van der Waals surface area contributed by atoms with Gasteiger partial charge in [0.2, 0.25) is 5.91 Å². The lowest BCUT2D eigenvalue weighted by molar-refractivity contribution is -0.138. The minimum atomic E-state index is -0.890. The van der Waals surface area contributed by atoms with E-state index in [9.17, 15) is 9.59 Å². The second-order valence-corrected chi connectivity index (χ2v) is 4.67. The predicted octanol–water partition coefficient (Wildman–Crippen LogP) is 2.06. The van der Waals surface area contributed by atoms with Gasteiger partial charge >= 0.3 is 5.97 Å². The maximum atomic E-state index is 11.7. The lowest BCUT2D eigenvalue weighted by atomic mass is 10.2. The van der Waals surface area contributed by atoms with Gasteiger partial charge in [-0.25, -0.2) is 0 Å². The summed E-state index contributed by atoms with van der Waals surface area (Å²) >= 11 is 0. The van der Waals surface area contributed by atoms with Crippen molar-refractivity contribution in [3.63, 3.8) is 0 Å². The van der Waals surface area contributed by atoms with E-state index in [1.807, 2.05) is 12.1 Å². The number of amides is 1. The van der Waals surface area contributed by atoms with Crippen LogP contribution in [0, 0.1) is 0 Å². The first-order valence-corrected chi connectivity index (χ1v) is 6.35. The number of hydrogen-bond acceptors (Lipinski definition) is 3. The van der Waals surface area contributed by atoms with Crippen LogP contribution in [0.15, 0.2) is 24.3 Å². The Balaban J connectivity index is 2.06. The fourth-order valence-corrected chi connectivity index (χ4v) is 2.17. The van der Waals surface area contributed by atoms with Gasteiger partial charge in [0, 0.05) is 24.7 Å². The quantitative estimate of drug-likeness (QED) is 0.883. The standard InChI is InChI=1S/C14H17NO4/c1-10(8-14(17)18)19-12-5-2-4-11(9-12)15-7-3-6-13(15)16/h2,4-5,9-10H,3,6-8H2,1H3,(H,17,18)/t10-/m1/s1. The molecule has 1 amide bonds. The molecule has 1 aliphatic heterocycles. The second kappa shape index (κ2) is 5.73. The van der Waals surface area contributed by atoms with E-state index in [1.54, 1.807) is 24.0 Å². The minimum absolute atomic E-state index is 0.0487. The number of hydrogen-bond donors (Lipinski definition) is 1. The number of nitrogens with zero attached hydrogens (tertiary/aromatic N) is 1. The fourth-order valence-electron chi connectivity index (χ4n) is 2.17. The number of aliphatic carboxylic acids is 1. The number of ether oxygens (including phenoxy) is 1. The molecule has 1 aromatic rings. The molecule has 102 valence electrons. The zero-order chi connectivity index (χ0) is 13.8. The summed E-state index contributed by atoms with van der Waals surface area (Å²) in [6, 6.07) is 7.21. The van der Waals surface area contributed by atoms with Gasteiger partial charge in [-0.3, -0.25) is 9.59 Å². The third-order valence-electron chi connectivity index (χ3n) is 3.00. The molecule has 2 rings (SSSR count). The van der Waals surface area contributed by atoms with Gasteiger partial charge in [-0.1, -0.05) is 6.07 Å². The zero-order valence-electron chi connectivity index (χ0n) is 10.8. The van der Waals surface area contributed by atoms with Crippen LogP contribution in [-0.2, 0) is 9.59 Å². The smallest absolute Gasteiger partial charge is 0.307 e. The maximum Gasteiger partial charge on any atom is 0.307 e. The van der Waals surface area contributed by atoms with Gasteiger partial charge < -0.3 is 14.7 Å². The highest BCUT2D eigenvalue weighted by Crippen LogP contribution is 2.26. The van der Waals surface area contributed by atoms with E-state index in [1.165, 1.54) is 0 Å². The van der Waals surface area contributed by atoms with Crippen molar-refractivity contribution < 1.29 is 19.4 Å². The van der Waals surface area contributed by atoms with Crippen molar-refractivity contribution in [2.45, 2.75) is 32.3 Å². The normalized spacial score (nSPS) is 16.5. The summed E-state index contributed by atoms with van der Waals surface area (Å²) in [6.07, 6.45) is 1.01. The predicted molar refractivity (Wildman–Crippen MR) is 70.4 cm³/mol. The van der Waals surface area contributed by atoms with E-state index in [0.717, 1.165) is 18.7 Å². The number of carboxylic acid groups (broad SMARTS) is 1. The second-order valence-electron chi connectivity index (χ2n) is 4.67. The number of anilines is 1. The Morgan fingerprint density at radius 2 is 2.32 bits per heavy atom. The Labute approximate surface area is 111 Å². The van der Waals surface area contributed by atoms with Crippen molar-refractivity contribution in [1.29, 1.82) is 0 Å². The highest BCUT2D eigenvalue weighted by molar-refractivity contribution is 5.95. The Morgan fingerprint density at radius 3 is 2.95 bits per heavy atom. The van der Waals surface area contributed by atoms with E-state index >= 15 is 0 Å². The molecule has 0 unspecified atom stereocenters. The Morgan fingerprint density at radius 1 is 1.53 bits per heavy atom. The van der Waals surface area contributed by atoms with Crippen molar-refractivity contribution in [2.75, 3.05) is 11.4 Å². The monoisotopic (exact) mass is 263 g/mol. The maximum absolute atomic E-state index is 11.7. The molecule has 5 nitrogen and oxygen atoms in total. The third-order valence-corrected chi connectivity index (χ3v) is 3.00. The van der Waals surface area contributed by atoms with Crippen LogP contribution in [0.2, 0.25) is 0 Å². The van der Waals surface area contributed by atoms with Gasteiger partial charge in [-0.05, 0) is 25.5 Å². The molecule has 1 aromatic carbocycles. The molecule has 1 atom stereocenters. The van der Waals surface area contributed by atoms with Crippen LogP contribution in [0.25, 0.3) is 0 Å². The van der Waals surface area contributed by atoms with Crippen molar-refractivity contribution in [1.82, 2.24) is 0 Å². The van der Waals surface area contributed by atoms with Crippen LogP contribution < -0.4 is 9.64 Å². The van der Waals surface area contributed by atoms with E-state index in [2.05, 4.69) is 0 Å².